The highest BCUT2D eigenvalue weighted by Crippen LogP contribution is 2.03. The Morgan fingerprint density at radius 3 is 2.19 bits per heavy atom. The van der Waals surface area contributed by atoms with Crippen LogP contribution in [0.2, 0.25) is 0 Å². The highest BCUT2D eigenvalue weighted by atomic mass is 16.5. The number of esters is 2. The molecule has 0 aliphatic carbocycles. The third kappa shape index (κ3) is 9.49. The molecule has 0 N–H and O–H groups in total. The molecule has 16 heavy (non-hydrogen) atoms. The molecule has 0 unspecified atom stereocenters. The molecular weight excluding hydrogens is 208 g/mol. The summed E-state index contributed by atoms with van der Waals surface area (Å²) in [4.78, 5) is 21.9. The molecule has 0 radical (unpaired) electrons. The average molecular weight is 230 g/mol. The van der Waals surface area contributed by atoms with Crippen LogP contribution in [0.5, 0.6) is 0 Å². The fourth-order valence-corrected chi connectivity index (χ4v) is 1.27. The second kappa shape index (κ2) is 10.5. The lowest BCUT2D eigenvalue weighted by atomic mass is 10.2. The molecule has 0 rings (SSSR count). The van der Waals surface area contributed by atoms with E-state index in [0.717, 1.165) is 12.8 Å². The van der Waals surface area contributed by atoms with Crippen molar-refractivity contribution in [3.05, 3.63) is 0 Å². The Hall–Kier alpha value is -1.06. The standard InChI is InChI=1S/C12H22O4/c1-3-4-5-6-7-10-16-12(14)9-8-11(13)15-2/h3-10H2,1-2H3. The lowest BCUT2D eigenvalue weighted by molar-refractivity contribution is -0.149. The molecule has 0 fully saturated rings. The first-order chi connectivity index (χ1) is 7.70. The topological polar surface area (TPSA) is 52.6 Å². The quantitative estimate of drug-likeness (QED) is 0.451. The molecule has 0 aromatic heterocycles. The van der Waals surface area contributed by atoms with Gasteiger partial charge in [0.05, 0.1) is 26.6 Å². The first kappa shape index (κ1) is 14.9. The molecule has 0 bridgehead atoms. The maximum Gasteiger partial charge on any atom is 0.306 e. The van der Waals surface area contributed by atoms with Crippen LogP contribution in [0.4, 0.5) is 0 Å². The second-order valence-corrected chi connectivity index (χ2v) is 3.71. The highest BCUT2D eigenvalue weighted by Gasteiger charge is 2.07. The minimum atomic E-state index is -0.375. The van der Waals surface area contributed by atoms with Gasteiger partial charge in [0.15, 0.2) is 0 Å². The second-order valence-electron chi connectivity index (χ2n) is 3.71. The van der Waals surface area contributed by atoms with Crippen LogP contribution in [0.1, 0.15) is 51.9 Å². The van der Waals surface area contributed by atoms with Gasteiger partial charge in [0.2, 0.25) is 0 Å². The molecule has 0 aliphatic rings. The summed E-state index contributed by atoms with van der Waals surface area (Å²) in [6, 6.07) is 0. The van der Waals surface area contributed by atoms with Crippen molar-refractivity contribution >= 4 is 11.9 Å². The molecular formula is C12H22O4. The van der Waals surface area contributed by atoms with Gasteiger partial charge in [0.1, 0.15) is 0 Å². The molecule has 4 heteroatoms. The molecule has 0 aromatic carbocycles. The predicted molar refractivity (Wildman–Crippen MR) is 61.0 cm³/mol. The van der Waals surface area contributed by atoms with E-state index in [2.05, 4.69) is 11.7 Å². The summed E-state index contributed by atoms with van der Waals surface area (Å²) in [5.74, 6) is -0.694. The Bertz CT molecular complexity index is 201. The first-order valence-corrected chi connectivity index (χ1v) is 5.93. The molecule has 0 saturated heterocycles. The zero-order chi connectivity index (χ0) is 12.2. The van der Waals surface area contributed by atoms with Gasteiger partial charge in [-0.05, 0) is 6.42 Å². The lowest BCUT2D eigenvalue weighted by Crippen LogP contribution is -2.09. The van der Waals surface area contributed by atoms with Gasteiger partial charge < -0.3 is 9.47 Å². The maximum absolute atomic E-state index is 11.1. The normalized spacial score (nSPS) is 9.88. The summed E-state index contributed by atoms with van der Waals surface area (Å²) in [6.07, 6.45) is 5.85. The van der Waals surface area contributed by atoms with Gasteiger partial charge in [0, 0.05) is 0 Å². The number of rotatable bonds is 9. The van der Waals surface area contributed by atoms with Crippen LogP contribution in [0.3, 0.4) is 0 Å². The van der Waals surface area contributed by atoms with E-state index < -0.39 is 0 Å². The van der Waals surface area contributed by atoms with Crippen molar-refractivity contribution in [3.63, 3.8) is 0 Å². The molecule has 4 nitrogen and oxygen atoms in total. The van der Waals surface area contributed by atoms with Gasteiger partial charge in [-0.15, -0.1) is 0 Å². The molecule has 0 spiro atoms. The Labute approximate surface area is 97.3 Å². The minimum absolute atomic E-state index is 0.102. The van der Waals surface area contributed by atoms with Gasteiger partial charge in [0.25, 0.3) is 0 Å². The molecule has 0 atom stereocenters. The Morgan fingerprint density at radius 2 is 1.56 bits per heavy atom. The van der Waals surface area contributed by atoms with Crippen LogP contribution in [-0.2, 0) is 19.1 Å². The van der Waals surface area contributed by atoms with Crippen LogP contribution < -0.4 is 0 Å². The summed E-state index contributed by atoms with van der Waals surface area (Å²) < 4.78 is 9.39. The van der Waals surface area contributed by atoms with Crippen molar-refractivity contribution in [2.75, 3.05) is 13.7 Å². The van der Waals surface area contributed by atoms with Gasteiger partial charge in [-0.1, -0.05) is 32.6 Å². The minimum Gasteiger partial charge on any atom is -0.469 e. The van der Waals surface area contributed by atoms with Crippen LogP contribution in [-0.4, -0.2) is 25.7 Å². The highest BCUT2D eigenvalue weighted by molar-refractivity contribution is 5.77. The Balaban J connectivity index is 3.27. The van der Waals surface area contributed by atoms with Crippen LogP contribution in [0, 0.1) is 0 Å². The monoisotopic (exact) mass is 230 g/mol. The smallest absolute Gasteiger partial charge is 0.306 e. The summed E-state index contributed by atoms with van der Waals surface area (Å²) >= 11 is 0. The molecule has 0 heterocycles. The third-order valence-corrected chi connectivity index (χ3v) is 2.27. The van der Waals surface area contributed by atoms with Crippen LogP contribution in [0.25, 0.3) is 0 Å². The van der Waals surface area contributed by atoms with Crippen molar-refractivity contribution in [1.29, 1.82) is 0 Å². The van der Waals surface area contributed by atoms with Gasteiger partial charge >= 0.3 is 11.9 Å². The van der Waals surface area contributed by atoms with E-state index >= 15 is 0 Å². The van der Waals surface area contributed by atoms with E-state index in [1.165, 1.54) is 26.4 Å². The number of hydrogen-bond acceptors (Lipinski definition) is 4. The number of ether oxygens (including phenoxy) is 2. The Kier molecular flexibility index (Phi) is 9.76. The SMILES string of the molecule is CCCCCCCOC(=O)CCC(=O)OC. The molecule has 0 aromatic rings. The molecule has 94 valence electrons. The van der Waals surface area contributed by atoms with Crippen LogP contribution >= 0.6 is 0 Å². The first-order valence-electron chi connectivity index (χ1n) is 5.93. The van der Waals surface area contributed by atoms with E-state index in [0.29, 0.717) is 6.61 Å². The van der Waals surface area contributed by atoms with Crippen molar-refractivity contribution in [2.24, 2.45) is 0 Å². The number of methoxy groups -OCH3 is 1. The van der Waals surface area contributed by atoms with Gasteiger partial charge in [-0.25, -0.2) is 0 Å². The summed E-state index contributed by atoms with van der Waals surface area (Å²) in [5, 5.41) is 0. The average Bonchev–Trinajstić information content (AvgIpc) is 2.30. The van der Waals surface area contributed by atoms with Crippen molar-refractivity contribution in [2.45, 2.75) is 51.9 Å². The van der Waals surface area contributed by atoms with Crippen molar-refractivity contribution < 1.29 is 19.1 Å². The van der Waals surface area contributed by atoms with Gasteiger partial charge in [-0.3, -0.25) is 9.59 Å². The summed E-state index contributed by atoms with van der Waals surface area (Å²) in [5.41, 5.74) is 0. The van der Waals surface area contributed by atoms with E-state index in [1.807, 2.05) is 0 Å². The molecule has 0 aliphatic heterocycles. The van der Waals surface area contributed by atoms with Crippen molar-refractivity contribution in [3.8, 4) is 0 Å². The third-order valence-electron chi connectivity index (χ3n) is 2.27. The van der Waals surface area contributed by atoms with Crippen LogP contribution in [0.15, 0.2) is 0 Å². The van der Waals surface area contributed by atoms with Gasteiger partial charge in [-0.2, -0.15) is 0 Å². The fourth-order valence-electron chi connectivity index (χ4n) is 1.27. The number of hydrogen-bond donors (Lipinski definition) is 0. The number of unbranched alkanes of at least 4 members (excludes halogenated alkanes) is 4. The fraction of sp³-hybridized carbons (Fsp3) is 0.833. The van der Waals surface area contributed by atoms with E-state index in [1.54, 1.807) is 0 Å². The lowest BCUT2D eigenvalue weighted by Gasteiger charge is -2.04. The van der Waals surface area contributed by atoms with E-state index in [4.69, 9.17) is 4.74 Å². The zero-order valence-corrected chi connectivity index (χ0v) is 10.3. The van der Waals surface area contributed by atoms with E-state index in [-0.39, 0.29) is 24.8 Å². The van der Waals surface area contributed by atoms with Crippen molar-refractivity contribution in [1.82, 2.24) is 0 Å². The zero-order valence-electron chi connectivity index (χ0n) is 10.3. The molecule has 0 amide bonds. The maximum atomic E-state index is 11.1. The number of carbonyl (C=O) groups is 2. The largest absolute Gasteiger partial charge is 0.469 e. The molecule has 0 saturated carbocycles. The summed E-state index contributed by atoms with van der Waals surface area (Å²) in [6.45, 7) is 2.62. The predicted octanol–water partition coefficient (Wildman–Crippen LogP) is 2.45. The Morgan fingerprint density at radius 1 is 0.938 bits per heavy atom. The van der Waals surface area contributed by atoms with E-state index in [9.17, 15) is 9.59 Å². The summed E-state index contributed by atoms with van der Waals surface area (Å²) in [7, 11) is 1.31. The number of carbonyl (C=O) groups excluding carboxylic acids is 2.